The second kappa shape index (κ2) is 7.55. The van der Waals surface area contributed by atoms with Gasteiger partial charge in [0.1, 0.15) is 11.5 Å². The van der Waals surface area contributed by atoms with Gasteiger partial charge in [-0.05, 0) is 12.8 Å². The molecule has 0 saturated carbocycles. The molecular formula is C18H24N6O. The maximum absolute atomic E-state index is 11.9. The van der Waals surface area contributed by atoms with Crippen molar-refractivity contribution in [2.75, 3.05) is 32.1 Å². The molecule has 1 fully saturated rings. The number of aromatic nitrogens is 4. The van der Waals surface area contributed by atoms with Gasteiger partial charge in [-0.25, -0.2) is 15.0 Å². The molecule has 0 unspecified atom stereocenters. The van der Waals surface area contributed by atoms with E-state index >= 15 is 0 Å². The number of nitrogens with zero attached hydrogens (tertiary/aromatic N) is 6. The van der Waals surface area contributed by atoms with Gasteiger partial charge in [0.2, 0.25) is 5.91 Å². The molecule has 132 valence electrons. The molecule has 0 spiro atoms. The monoisotopic (exact) mass is 340 g/mol. The number of piperidine rings is 1. The number of carbonyl (C=O) groups is 1. The van der Waals surface area contributed by atoms with E-state index in [2.05, 4.69) is 15.0 Å². The first-order valence-electron chi connectivity index (χ1n) is 8.69. The van der Waals surface area contributed by atoms with Crippen LogP contribution in [0.1, 0.15) is 37.8 Å². The van der Waals surface area contributed by atoms with Gasteiger partial charge in [-0.15, -0.1) is 0 Å². The minimum Gasteiger partial charge on any atom is -0.363 e. The Kier molecular flexibility index (Phi) is 5.21. The molecule has 0 aliphatic carbocycles. The first kappa shape index (κ1) is 17.3. The Morgan fingerprint density at radius 2 is 2.00 bits per heavy atom. The Morgan fingerprint density at radius 3 is 2.60 bits per heavy atom. The quantitative estimate of drug-likeness (QED) is 0.849. The van der Waals surface area contributed by atoms with E-state index in [1.54, 1.807) is 18.6 Å². The number of hydrogen-bond acceptors (Lipinski definition) is 6. The van der Waals surface area contributed by atoms with E-state index < -0.39 is 0 Å². The van der Waals surface area contributed by atoms with E-state index in [-0.39, 0.29) is 5.91 Å². The molecule has 2 aromatic rings. The molecule has 0 aromatic carbocycles. The largest absolute Gasteiger partial charge is 0.363 e. The van der Waals surface area contributed by atoms with Crippen molar-refractivity contribution in [2.24, 2.45) is 0 Å². The van der Waals surface area contributed by atoms with E-state index in [0.29, 0.717) is 23.9 Å². The number of likely N-dealkylation sites (tertiary alicyclic amines) is 1. The van der Waals surface area contributed by atoms with Gasteiger partial charge in [0.15, 0.2) is 5.82 Å². The second-order valence-corrected chi connectivity index (χ2v) is 6.47. The smallest absolute Gasteiger partial charge is 0.222 e. The van der Waals surface area contributed by atoms with Crippen molar-refractivity contribution in [1.82, 2.24) is 24.8 Å². The molecule has 1 aliphatic heterocycles. The average Bonchev–Trinajstić information content (AvgIpc) is 2.67. The maximum atomic E-state index is 11.9. The number of anilines is 1. The van der Waals surface area contributed by atoms with E-state index in [1.165, 1.54) is 0 Å². The van der Waals surface area contributed by atoms with Crippen LogP contribution in [0.2, 0.25) is 0 Å². The van der Waals surface area contributed by atoms with Crippen molar-refractivity contribution < 1.29 is 4.79 Å². The third-order valence-corrected chi connectivity index (χ3v) is 4.55. The predicted molar refractivity (Wildman–Crippen MR) is 96.2 cm³/mol. The topological polar surface area (TPSA) is 75.1 Å². The summed E-state index contributed by atoms with van der Waals surface area (Å²) in [6.07, 6.45) is 7.39. The van der Waals surface area contributed by atoms with Gasteiger partial charge in [0, 0.05) is 63.7 Å². The van der Waals surface area contributed by atoms with Gasteiger partial charge in [-0.1, -0.05) is 6.92 Å². The fourth-order valence-corrected chi connectivity index (χ4v) is 3.07. The van der Waals surface area contributed by atoms with Gasteiger partial charge in [0.05, 0.1) is 6.20 Å². The highest BCUT2D eigenvalue weighted by molar-refractivity contribution is 5.75. The second-order valence-electron chi connectivity index (χ2n) is 6.47. The Morgan fingerprint density at radius 1 is 1.24 bits per heavy atom. The van der Waals surface area contributed by atoms with Crippen molar-refractivity contribution in [3.05, 3.63) is 30.4 Å². The summed E-state index contributed by atoms with van der Waals surface area (Å²) >= 11 is 0. The molecule has 1 saturated heterocycles. The van der Waals surface area contributed by atoms with Gasteiger partial charge < -0.3 is 9.80 Å². The van der Waals surface area contributed by atoms with E-state index in [9.17, 15) is 4.79 Å². The van der Waals surface area contributed by atoms with Crippen molar-refractivity contribution in [3.8, 4) is 11.5 Å². The lowest BCUT2D eigenvalue weighted by molar-refractivity contribution is -0.131. The molecule has 0 bridgehead atoms. The van der Waals surface area contributed by atoms with Crippen molar-refractivity contribution in [3.63, 3.8) is 0 Å². The van der Waals surface area contributed by atoms with Crippen LogP contribution in [-0.2, 0) is 4.79 Å². The third kappa shape index (κ3) is 3.92. The number of amides is 1. The third-order valence-electron chi connectivity index (χ3n) is 4.55. The van der Waals surface area contributed by atoms with Crippen LogP contribution in [0.3, 0.4) is 0 Å². The zero-order valence-corrected chi connectivity index (χ0v) is 15.0. The van der Waals surface area contributed by atoms with Crippen LogP contribution >= 0.6 is 0 Å². The summed E-state index contributed by atoms with van der Waals surface area (Å²) in [7, 11) is 3.93. The maximum Gasteiger partial charge on any atom is 0.222 e. The number of hydrogen-bond donors (Lipinski definition) is 0. The SMILES string of the molecule is CCC(=O)N1CCC(c2cc(N(C)C)nc(-c3cnccn3)n2)CC1. The van der Waals surface area contributed by atoms with Crippen molar-refractivity contribution >= 4 is 11.7 Å². The van der Waals surface area contributed by atoms with Crippen LogP contribution in [0.5, 0.6) is 0 Å². The molecule has 0 N–H and O–H groups in total. The van der Waals surface area contributed by atoms with Crippen LogP contribution in [0.25, 0.3) is 11.5 Å². The van der Waals surface area contributed by atoms with Crippen LogP contribution in [0.15, 0.2) is 24.7 Å². The highest BCUT2D eigenvalue weighted by Crippen LogP contribution is 2.30. The molecule has 1 amide bonds. The summed E-state index contributed by atoms with van der Waals surface area (Å²) < 4.78 is 0. The molecule has 7 nitrogen and oxygen atoms in total. The van der Waals surface area contributed by atoms with Gasteiger partial charge in [-0.3, -0.25) is 9.78 Å². The molecule has 3 heterocycles. The van der Waals surface area contributed by atoms with Crippen LogP contribution in [0, 0.1) is 0 Å². The zero-order valence-electron chi connectivity index (χ0n) is 15.0. The van der Waals surface area contributed by atoms with Crippen LogP contribution < -0.4 is 4.90 Å². The van der Waals surface area contributed by atoms with E-state index in [0.717, 1.165) is 37.4 Å². The van der Waals surface area contributed by atoms with Gasteiger partial charge >= 0.3 is 0 Å². The lowest BCUT2D eigenvalue weighted by Gasteiger charge is -2.32. The molecule has 1 aliphatic rings. The van der Waals surface area contributed by atoms with E-state index in [4.69, 9.17) is 4.98 Å². The Bertz CT molecular complexity index is 726. The summed E-state index contributed by atoms with van der Waals surface area (Å²) in [6.45, 7) is 3.49. The standard InChI is InChI=1S/C18H24N6O/c1-4-17(25)24-9-5-13(6-10-24)14-11-16(23(2)3)22-18(21-14)15-12-19-7-8-20-15/h7-8,11-13H,4-6,9-10H2,1-3H3. The molecule has 2 aromatic heterocycles. The predicted octanol–water partition coefficient (Wildman–Crippen LogP) is 2.12. The lowest BCUT2D eigenvalue weighted by atomic mass is 9.93. The summed E-state index contributed by atoms with van der Waals surface area (Å²) in [5.41, 5.74) is 1.69. The summed E-state index contributed by atoms with van der Waals surface area (Å²) in [5.74, 6) is 2.02. The summed E-state index contributed by atoms with van der Waals surface area (Å²) in [6, 6.07) is 2.04. The highest BCUT2D eigenvalue weighted by Gasteiger charge is 2.25. The molecular weight excluding hydrogens is 316 g/mol. The minimum atomic E-state index is 0.232. The highest BCUT2D eigenvalue weighted by atomic mass is 16.2. The minimum absolute atomic E-state index is 0.232. The lowest BCUT2D eigenvalue weighted by Crippen LogP contribution is -2.37. The first-order valence-corrected chi connectivity index (χ1v) is 8.69. The van der Waals surface area contributed by atoms with Crippen molar-refractivity contribution in [2.45, 2.75) is 32.1 Å². The molecule has 0 atom stereocenters. The normalized spacial score (nSPS) is 15.2. The molecule has 0 radical (unpaired) electrons. The Hall–Kier alpha value is -2.57. The van der Waals surface area contributed by atoms with E-state index in [1.807, 2.05) is 36.9 Å². The van der Waals surface area contributed by atoms with Crippen LogP contribution in [0.4, 0.5) is 5.82 Å². The first-order chi connectivity index (χ1) is 12.1. The van der Waals surface area contributed by atoms with Gasteiger partial charge in [-0.2, -0.15) is 0 Å². The Labute approximate surface area is 148 Å². The van der Waals surface area contributed by atoms with Crippen LogP contribution in [-0.4, -0.2) is 57.9 Å². The molecule has 25 heavy (non-hydrogen) atoms. The van der Waals surface area contributed by atoms with Gasteiger partial charge in [0.25, 0.3) is 0 Å². The fourth-order valence-electron chi connectivity index (χ4n) is 3.07. The fraction of sp³-hybridized carbons (Fsp3) is 0.500. The number of rotatable bonds is 4. The average molecular weight is 340 g/mol. The molecule has 7 heteroatoms. The number of carbonyl (C=O) groups excluding carboxylic acids is 1. The molecule has 3 rings (SSSR count). The summed E-state index contributed by atoms with van der Waals surface area (Å²) in [4.78, 5) is 33.6. The van der Waals surface area contributed by atoms with Crippen molar-refractivity contribution in [1.29, 1.82) is 0 Å². The zero-order chi connectivity index (χ0) is 17.8. The Balaban J connectivity index is 1.86. The summed E-state index contributed by atoms with van der Waals surface area (Å²) in [5, 5.41) is 0.